The SMILES string of the molecule is Cc1ccccc1CCC(=O)NCC1(CBr)CCCC1. The molecule has 2 rings (SSSR count). The minimum absolute atomic E-state index is 0.181. The van der Waals surface area contributed by atoms with E-state index < -0.39 is 0 Å². The summed E-state index contributed by atoms with van der Waals surface area (Å²) in [5.41, 5.74) is 2.85. The molecule has 2 nitrogen and oxygen atoms in total. The van der Waals surface area contributed by atoms with Gasteiger partial charge < -0.3 is 5.32 Å². The van der Waals surface area contributed by atoms with Crippen LogP contribution < -0.4 is 5.32 Å². The van der Waals surface area contributed by atoms with Crippen LogP contribution in [0.4, 0.5) is 0 Å². The lowest BCUT2D eigenvalue weighted by Crippen LogP contribution is -2.37. The lowest BCUT2D eigenvalue weighted by atomic mass is 9.89. The molecule has 1 saturated carbocycles. The molecule has 1 fully saturated rings. The predicted octanol–water partition coefficient (Wildman–Crippen LogP) is 4.00. The van der Waals surface area contributed by atoms with Crippen molar-refractivity contribution in [2.45, 2.75) is 45.4 Å². The van der Waals surface area contributed by atoms with Crippen molar-refractivity contribution < 1.29 is 4.79 Å². The molecule has 0 atom stereocenters. The van der Waals surface area contributed by atoms with Gasteiger partial charge in [-0.1, -0.05) is 53.0 Å². The molecule has 110 valence electrons. The molecule has 0 bridgehead atoms. The summed E-state index contributed by atoms with van der Waals surface area (Å²) in [7, 11) is 0. The summed E-state index contributed by atoms with van der Waals surface area (Å²) in [6, 6.07) is 8.29. The van der Waals surface area contributed by atoms with E-state index in [1.54, 1.807) is 0 Å². The van der Waals surface area contributed by atoms with Crippen molar-refractivity contribution in [1.82, 2.24) is 5.32 Å². The molecular weight excluding hydrogens is 314 g/mol. The van der Waals surface area contributed by atoms with Crippen LogP contribution in [0.2, 0.25) is 0 Å². The normalized spacial score (nSPS) is 17.1. The van der Waals surface area contributed by atoms with Gasteiger partial charge in [-0.15, -0.1) is 0 Å². The smallest absolute Gasteiger partial charge is 0.220 e. The van der Waals surface area contributed by atoms with Gasteiger partial charge in [0.15, 0.2) is 0 Å². The molecule has 1 aromatic rings. The Bertz CT molecular complexity index is 452. The van der Waals surface area contributed by atoms with Crippen molar-refractivity contribution in [1.29, 1.82) is 0 Å². The summed E-state index contributed by atoms with van der Waals surface area (Å²) < 4.78 is 0. The number of hydrogen-bond acceptors (Lipinski definition) is 1. The monoisotopic (exact) mass is 337 g/mol. The molecule has 1 aliphatic rings. The molecular formula is C17H24BrNO. The number of carbonyl (C=O) groups excluding carboxylic acids is 1. The maximum Gasteiger partial charge on any atom is 0.220 e. The molecule has 1 aromatic carbocycles. The van der Waals surface area contributed by atoms with Gasteiger partial charge in [0.2, 0.25) is 5.91 Å². The van der Waals surface area contributed by atoms with Crippen molar-refractivity contribution in [2.24, 2.45) is 5.41 Å². The highest BCUT2D eigenvalue weighted by Crippen LogP contribution is 2.38. The van der Waals surface area contributed by atoms with Crippen molar-refractivity contribution in [3.8, 4) is 0 Å². The molecule has 0 radical (unpaired) electrons. The Kier molecular flexibility index (Phi) is 5.64. The Morgan fingerprint density at radius 1 is 1.30 bits per heavy atom. The molecule has 3 heteroatoms. The van der Waals surface area contributed by atoms with Gasteiger partial charge in [0.05, 0.1) is 0 Å². The van der Waals surface area contributed by atoms with E-state index in [2.05, 4.69) is 40.3 Å². The largest absolute Gasteiger partial charge is 0.356 e. The van der Waals surface area contributed by atoms with Gasteiger partial charge >= 0.3 is 0 Å². The molecule has 0 spiro atoms. The highest BCUT2D eigenvalue weighted by Gasteiger charge is 2.32. The maximum atomic E-state index is 12.0. The number of hydrogen-bond donors (Lipinski definition) is 1. The molecule has 0 aliphatic heterocycles. The number of aryl methyl sites for hydroxylation is 2. The average Bonchev–Trinajstić information content (AvgIpc) is 2.94. The summed E-state index contributed by atoms with van der Waals surface area (Å²) in [5.74, 6) is 0.181. The number of halogens is 1. The molecule has 1 amide bonds. The number of rotatable bonds is 6. The van der Waals surface area contributed by atoms with Gasteiger partial charge in [0, 0.05) is 18.3 Å². The molecule has 0 saturated heterocycles. The number of benzene rings is 1. The van der Waals surface area contributed by atoms with Gasteiger partial charge in [-0.05, 0) is 42.7 Å². The van der Waals surface area contributed by atoms with Crippen molar-refractivity contribution in [2.75, 3.05) is 11.9 Å². The Morgan fingerprint density at radius 2 is 2.00 bits per heavy atom. The Hall–Kier alpha value is -0.830. The Balaban J connectivity index is 1.77. The first-order chi connectivity index (χ1) is 9.65. The zero-order valence-corrected chi connectivity index (χ0v) is 13.8. The second-order valence-electron chi connectivity index (χ2n) is 6.04. The molecule has 20 heavy (non-hydrogen) atoms. The van der Waals surface area contributed by atoms with Crippen LogP contribution >= 0.6 is 15.9 Å². The number of carbonyl (C=O) groups is 1. The third-order valence-corrected chi connectivity index (χ3v) is 5.68. The van der Waals surface area contributed by atoms with Crippen molar-refractivity contribution in [3.63, 3.8) is 0 Å². The number of amides is 1. The lowest BCUT2D eigenvalue weighted by molar-refractivity contribution is -0.121. The minimum Gasteiger partial charge on any atom is -0.356 e. The average molecular weight is 338 g/mol. The fourth-order valence-corrected chi connectivity index (χ4v) is 3.75. The number of alkyl halides is 1. The number of nitrogens with one attached hydrogen (secondary N) is 1. The van der Waals surface area contributed by atoms with Crippen LogP contribution in [0.1, 0.15) is 43.2 Å². The second kappa shape index (κ2) is 7.26. The summed E-state index contributed by atoms with van der Waals surface area (Å²) >= 11 is 3.62. The van der Waals surface area contributed by atoms with Crippen molar-refractivity contribution in [3.05, 3.63) is 35.4 Å². The van der Waals surface area contributed by atoms with Gasteiger partial charge in [0.25, 0.3) is 0 Å². The Labute approximate surface area is 130 Å². The first kappa shape index (κ1) is 15.6. The van der Waals surface area contributed by atoms with E-state index in [4.69, 9.17) is 0 Å². The molecule has 1 aliphatic carbocycles. The lowest BCUT2D eigenvalue weighted by Gasteiger charge is -2.26. The molecule has 0 unspecified atom stereocenters. The zero-order chi connectivity index (χ0) is 14.4. The first-order valence-corrected chi connectivity index (χ1v) is 8.65. The molecule has 0 aromatic heterocycles. The predicted molar refractivity (Wildman–Crippen MR) is 87.2 cm³/mol. The van der Waals surface area contributed by atoms with E-state index in [-0.39, 0.29) is 5.91 Å². The minimum atomic E-state index is 0.181. The van der Waals surface area contributed by atoms with E-state index in [0.29, 0.717) is 11.8 Å². The van der Waals surface area contributed by atoms with Crippen LogP contribution in [-0.4, -0.2) is 17.8 Å². The quantitative estimate of drug-likeness (QED) is 0.781. The fraction of sp³-hybridized carbons (Fsp3) is 0.588. The van der Waals surface area contributed by atoms with Gasteiger partial charge in [0.1, 0.15) is 0 Å². The molecule has 0 heterocycles. The Morgan fingerprint density at radius 3 is 2.65 bits per heavy atom. The van der Waals surface area contributed by atoms with Gasteiger partial charge in [-0.3, -0.25) is 4.79 Å². The summed E-state index contributed by atoms with van der Waals surface area (Å²) in [4.78, 5) is 12.0. The van der Waals surface area contributed by atoms with Crippen LogP contribution in [0.5, 0.6) is 0 Å². The van der Waals surface area contributed by atoms with E-state index in [1.165, 1.54) is 36.8 Å². The summed E-state index contributed by atoms with van der Waals surface area (Å²) in [5, 5.41) is 4.14. The third kappa shape index (κ3) is 4.08. The molecule has 1 N–H and O–H groups in total. The van der Waals surface area contributed by atoms with E-state index >= 15 is 0 Å². The standard InChI is InChI=1S/C17H24BrNO/c1-14-6-2-3-7-15(14)8-9-16(20)19-13-17(12-18)10-4-5-11-17/h2-3,6-7H,4-5,8-13H2,1H3,(H,19,20). The topological polar surface area (TPSA) is 29.1 Å². The second-order valence-corrected chi connectivity index (χ2v) is 6.60. The van der Waals surface area contributed by atoms with Crippen LogP contribution in [0.15, 0.2) is 24.3 Å². The van der Waals surface area contributed by atoms with Crippen LogP contribution in [0.3, 0.4) is 0 Å². The third-order valence-electron chi connectivity index (χ3n) is 4.49. The van der Waals surface area contributed by atoms with Crippen LogP contribution in [0, 0.1) is 12.3 Å². The zero-order valence-electron chi connectivity index (χ0n) is 12.3. The van der Waals surface area contributed by atoms with Crippen LogP contribution in [-0.2, 0) is 11.2 Å². The van der Waals surface area contributed by atoms with E-state index in [1.807, 2.05) is 12.1 Å². The van der Waals surface area contributed by atoms with Crippen LogP contribution in [0.25, 0.3) is 0 Å². The maximum absolute atomic E-state index is 12.0. The van der Waals surface area contributed by atoms with Gasteiger partial charge in [-0.25, -0.2) is 0 Å². The van der Waals surface area contributed by atoms with Crippen molar-refractivity contribution >= 4 is 21.8 Å². The summed E-state index contributed by atoms with van der Waals surface area (Å²) in [6.45, 7) is 2.93. The first-order valence-electron chi connectivity index (χ1n) is 7.52. The summed E-state index contributed by atoms with van der Waals surface area (Å²) in [6.07, 6.45) is 6.48. The van der Waals surface area contributed by atoms with Gasteiger partial charge in [-0.2, -0.15) is 0 Å². The van der Waals surface area contributed by atoms with E-state index in [9.17, 15) is 4.79 Å². The fourth-order valence-electron chi connectivity index (χ4n) is 3.00. The highest BCUT2D eigenvalue weighted by molar-refractivity contribution is 9.09. The highest BCUT2D eigenvalue weighted by atomic mass is 79.9. The van der Waals surface area contributed by atoms with E-state index in [0.717, 1.165) is 18.3 Å².